The zero-order chi connectivity index (χ0) is 13.8. The first-order chi connectivity index (χ1) is 9.10. The second kappa shape index (κ2) is 5.51. The number of carbonyl (C=O) groups is 1. The molecule has 0 aliphatic carbocycles. The first-order valence-electron chi connectivity index (χ1n) is 6.01. The Kier molecular flexibility index (Phi) is 3.79. The van der Waals surface area contributed by atoms with Gasteiger partial charge in [-0.3, -0.25) is 9.48 Å². The van der Waals surface area contributed by atoms with E-state index < -0.39 is 0 Å². The van der Waals surface area contributed by atoms with E-state index >= 15 is 0 Å². The summed E-state index contributed by atoms with van der Waals surface area (Å²) in [6, 6.07) is 5.71. The third-order valence-electron chi connectivity index (χ3n) is 2.74. The Morgan fingerprint density at radius 3 is 2.84 bits per heavy atom. The summed E-state index contributed by atoms with van der Waals surface area (Å²) in [6.45, 7) is 2.27. The number of nitrogens with one attached hydrogen (secondary N) is 2. The fourth-order valence-electron chi connectivity index (χ4n) is 1.78. The zero-order valence-corrected chi connectivity index (χ0v) is 11.3. The molecule has 0 aliphatic heterocycles. The number of anilines is 1. The van der Waals surface area contributed by atoms with Gasteiger partial charge in [-0.25, -0.2) is 4.98 Å². The molecule has 0 spiro atoms. The van der Waals surface area contributed by atoms with Crippen LogP contribution in [0.5, 0.6) is 0 Å². The Labute approximate surface area is 111 Å². The minimum Gasteiger partial charge on any atom is -0.387 e. The van der Waals surface area contributed by atoms with Crippen molar-refractivity contribution in [2.45, 2.75) is 13.5 Å². The first kappa shape index (κ1) is 13.1. The summed E-state index contributed by atoms with van der Waals surface area (Å²) in [7, 11) is 3.58. The summed E-state index contributed by atoms with van der Waals surface area (Å²) in [5, 5.41) is 9.93. The topological polar surface area (TPSA) is 71.8 Å². The molecule has 100 valence electrons. The third kappa shape index (κ3) is 3.09. The first-order valence-corrected chi connectivity index (χ1v) is 6.01. The van der Waals surface area contributed by atoms with E-state index in [0.29, 0.717) is 17.9 Å². The van der Waals surface area contributed by atoms with Gasteiger partial charge in [0, 0.05) is 19.8 Å². The number of rotatable bonds is 4. The van der Waals surface area contributed by atoms with E-state index in [1.54, 1.807) is 25.1 Å². The van der Waals surface area contributed by atoms with Crippen LogP contribution in [0.3, 0.4) is 0 Å². The second-order valence-corrected chi connectivity index (χ2v) is 4.32. The van der Waals surface area contributed by atoms with Crippen molar-refractivity contribution in [2.75, 3.05) is 12.4 Å². The smallest absolute Gasteiger partial charge is 0.253 e. The summed E-state index contributed by atoms with van der Waals surface area (Å²) in [4.78, 5) is 16.2. The van der Waals surface area contributed by atoms with Gasteiger partial charge >= 0.3 is 0 Å². The molecule has 0 fully saturated rings. The van der Waals surface area contributed by atoms with Gasteiger partial charge in [0.2, 0.25) is 0 Å². The largest absolute Gasteiger partial charge is 0.387 e. The van der Waals surface area contributed by atoms with Crippen molar-refractivity contribution < 1.29 is 4.79 Å². The van der Waals surface area contributed by atoms with Gasteiger partial charge in [-0.1, -0.05) is 11.6 Å². The van der Waals surface area contributed by atoms with Gasteiger partial charge in [-0.15, -0.1) is 0 Å². The maximum absolute atomic E-state index is 12.1. The maximum Gasteiger partial charge on any atom is 0.253 e. The molecule has 6 heteroatoms. The van der Waals surface area contributed by atoms with Crippen LogP contribution in [0.4, 0.5) is 5.69 Å². The van der Waals surface area contributed by atoms with Crippen LogP contribution in [-0.2, 0) is 13.6 Å². The fraction of sp³-hybridized carbons (Fsp3) is 0.308. The van der Waals surface area contributed by atoms with Gasteiger partial charge in [0.05, 0.1) is 12.1 Å². The average molecular weight is 259 g/mol. The van der Waals surface area contributed by atoms with Gasteiger partial charge in [0.25, 0.3) is 5.91 Å². The van der Waals surface area contributed by atoms with Crippen LogP contribution in [0, 0.1) is 6.92 Å². The lowest BCUT2D eigenvalue weighted by Gasteiger charge is -2.09. The van der Waals surface area contributed by atoms with Gasteiger partial charge in [0.15, 0.2) is 5.82 Å². The van der Waals surface area contributed by atoms with Crippen LogP contribution in [-0.4, -0.2) is 27.7 Å². The Morgan fingerprint density at radius 2 is 2.21 bits per heavy atom. The molecular formula is C13H17N5O. The number of hydrogen-bond donors (Lipinski definition) is 2. The molecule has 2 N–H and O–H groups in total. The van der Waals surface area contributed by atoms with Gasteiger partial charge in [0.1, 0.15) is 6.33 Å². The lowest BCUT2D eigenvalue weighted by atomic mass is 10.1. The highest BCUT2D eigenvalue weighted by molar-refractivity contribution is 5.99. The van der Waals surface area contributed by atoms with Crippen LogP contribution in [0.15, 0.2) is 24.5 Å². The van der Waals surface area contributed by atoms with Crippen molar-refractivity contribution in [3.05, 3.63) is 41.5 Å². The number of carbonyl (C=O) groups excluding carboxylic acids is 1. The third-order valence-corrected chi connectivity index (χ3v) is 2.74. The van der Waals surface area contributed by atoms with Crippen molar-refractivity contribution in [3.63, 3.8) is 0 Å². The van der Waals surface area contributed by atoms with Gasteiger partial charge < -0.3 is 10.6 Å². The molecule has 1 aromatic heterocycles. The average Bonchev–Trinajstić information content (AvgIpc) is 2.81. The quantitative estimate of drug-likeness (QED) is 0.862. The van der Waals surface area contributed by atoms with E-state index in [4.69, 9.17) is 0 Å². The van der Waals surface area contributed by atoms with Crippen LogP contribution in [0.25, 0.3) is 0 Å². The lowest BCUT2D eigenvalue weighted by Crippen LogP contribution is -2.24. The Balaban J connectivity index is 2.09. The van der Waals surface area contributed by atoms with E-state index in [-0.39, 0.29) is 5.91 Å². The molecule has 0 saturated heterocycles. The molecule has 19 heavy (non-hydrogen) atoms. The molecule has 0 radical (unpaired) electrons. The molecule has 0 unspecified atom stereocenters. The van der Waals surface area contributed by atoms with E-state index in [0.717, 1.165) is 11.3 Å². The molecule has 2 aromatic rings. The molecule has 0 saturated carbocycles. The highest BCUT2D eigenvalue weighted by Crippen LogP contribution is 2.16. The molecule has 1 heterocycles. The normalized spacial score (nSPS) is 10.3. The number of hydrogen-bond acceptors (Lipinski definition) is 4. The van der Waals surface area contributed by atoms with Gasteiger partial charge in [-0.05, 0) is 19.1 Å². The molecule has 1 aromatic carbocycles. The van der Waals surface area contributed by atoms with Crippen molar-refractivity contribution >= 4 is 11.6 Å². The highest BCUT2D eigenvalue weighted by Gasteiger charge is 2.11. The molecule has 6 nitrogen and oxygen atoms in total. The molecule has 1 amide bonds. The fourth-order valence-corrected chi connectivity index (χ4v) is 1.78. The summed E-state index contributed by atoms with van der Waals surface area (Å²) in [5.74, 6) is 0.454. The van der Waals surface area contributed by atoms with Crippen molar-refractivity contribution in [1.29, 1.82) is 0 Å². The van der Waals surface area contributed by atoms with Crippen LogP contribution < -0.4 is 10.6 Å². The SMILES string of the molecule is CNc1ccc(C)cc1C(=O)NCc1ncn(C)n1. The van der Waals surface area contributed by atoms with E-state index in [1.807, 2.05) is 25.1 Å². The number of benzene rings is 1. The molecule has 0 aliphatic rings. The number of aryl methyl sites for hydroxylation is 2. The van der Waals surface area contributed by atoms with Crippen LogP contribution >= 0.6 is 0 Å². The van der Waals surface area contributed by atoms with E-state index in [1.165, 1.54) is 0 Å². The minimum atomic E-state index is -0.138. The number of nitrogens with zero attached hydrogens (tertiary/aromatic N) is 3. The summed E-state index contributed by atoms with van der Waals surface area (Å²) in [5.41, 5.74) is 2.47. The Hall–Kier alpha value is -2.37. The monoisotopic (exact) mass is 259 g/mol. The molecular weight excluding hydrogens is 242 g/mol. The predicted molar refractivity (Wildman–Crippen MR) is 72.9 cm³/mol. The summed E-state index contributed by atoms with van der Waals surface area (Å²) in [6.07, 6.45) is 1.60. The Morgan fingerprint density at radius 1 is 1.42 bits per heavy atom. The molecule has 0 bridgehead atoms. The predicted octanol–water partition coefficient (Wildman–Crippen LogP) is 1.10. The number of aromatic nitrogens is 3. The van der Waals surface area contributed by atoms with Crippen molar-refractivity contribution in [3.8, 4) is 0 Å². The summed E-state index contributed by atoms with van der Waals surface area (Å²) < 4.78 is 1.60. The zero-order valence-electron chi connectivity index (χ0n) is 11.3. The van der Waals surface area contributed by atoms with Crippen molar-refractivity contribution in [1.82, 2.24) is 20.1 Å². The van der Waals surface area contributed by atoms with E-state index in [2.05, 4.69) is 20.7 Å². The van der Waals surface area contributed by atoms with Crippen molar-refractivity contribution in [2.24, 2.45) is 7.05 Å². The van der Waals surface area contributed by atoms with Gasteiger partial charge in [-0.2, -0.15) is 5.10 Å². The standard InChI is InChI=1S/C13H17N5O/c1-9-4-5-11(14-2)10(6-9)13(19)15-7-12-16-8-18(3)17-12/h4-6,8,14H,7H2,1-3H3,(H,15,19). The summed E-state index contributed by atoms with van der Waals surface area (Å²) >= 11 is 0. The Bertz CT molecular complexity index is 590. The minimum absolute atomic E-state index is 0.138. The number of amides is 1. The molecule has 2 rings (SSSR count). The van der Waals surface area contributed by atoms with Crippen LogP contribution in [0.2, 0.25) is 0 Å². The lowest BCUT2D eigenvalue weighted by molar-refractivity contribution is 0.0950. The van der Waals surface area contributed by atoms with E-state index in [9.17, 15) is 4.79 Å². The van der Waals surface area contributed by atoms with Crippen LogP contribution in [0.1, 0.15) is 21.7 Å². The highest BCUT2D eigenvalue weighted by atomic mass is 16.1. The second-order valence-electron chi connectivity index (χ2n) is 4.32. The maximum atomic E-state index is 12.1. The molecule has 0 atom stereocenters.